The van der Waals surface area contributed by atoms with Crippen molar-refractivity contribution < 1.29 is 55.7 Å². The second-order valence-corrected chi connectivity index (χ2v) is 17.6. The van der Waals surface area contributed by atoms with Crippen molar-refractivity contribution in [2.45, 2.75) is 97.4 Å². The Kier molecular flexibility index (Phi) is 12.6. The van der Waals surface area contributed by atoms with Crippen LogP contribution in [0, 0.1) is 0 Å². The lowest BCUT2D eigenvalue weighted by atomic mass is 9.98. The smallest absolute Gasteiger partial charge is 0.413 e. The molecule has 294 valence electrons. The van der Waals surface area contributed by atoms with E-state index < -0.39 is 68.8 Å². The first-order valence-electron chi connectivity index (χ1n) is 16.1. The molecular formula is C30H47N10O11S2+. The van der Waals surface area contributed by atoms with E-state index in [0.29, 0.717) is 10.2 Å². The minimum absolute atomic E-state index is 0.00247. The third-order valence-electron chi connectivity index (χ3n) is 6.57. The predicted octanol–water partition coefficient (Wildman–Crippen LogP) is 0.444. The third-order valence-corrected chi connectivity index (χ3v) is 8.28. The van der Waals surface area contributed by atoms with Crippen molar-refractivity contribution in [1.82, 2.24) is 34.9 Å². The zero-order chi connectivity index (χ0) is 40.3. The number of thiazole rings is 1. The molecule has 4 N–H and O–H groups in total. The maximum absolute atomic E-state index is 13.8. The Bertz CT molecular complexity index is 1850. The van der Waals surface area contributed by atoms with Crippen LogP contribution in [0.25, 0.3) is 0 Å². The van der Waals surface area contributed by atoms with Gasteiger partial charge >= 0.3 is 22.4 Å². The first-order chi connectivity index (χ1) is 24.0. The number of oxime groups is 1. The highest BCUT2D eigenvalue weighted by atomic mass is 32.2. The van der Waals surface area contributed by atoms with Crippen molar-refractivity contribution in [3.63, 3.8) is 0 Å². The van der Waals surface area contributed by atoms with E-state index in [1.807, 2.05) is 21.1 Å². The van der Waals surface area contributed by atoms with Gasteiger partial charge in [-0.1, -0.05) is 10.4 Å². The maximum atomic E-state index is 13.8. The summed E-state index contributed by atoms with van der Waals surface area (Å²) in [6, 6.07) is -2.95. The molecule has 0 saturated carbocycles. The molecular weight excluding hydrogens is 741 g/mol. The van der Waals surface area contributed by atoms with Crippen molar-refractivity contribution >= 4 is 62.3 Å². The number of anilines is 1. The number of hydrogen-bond donors (Lipinski definition) is 4. The van der Waals surface area contributed by atoms with Gasteiger partial charge in [-0.2, -0.15) is 8.42 Å². The van der Waals surface area contributed by atoms with Crippen LogP contribution in [-0.2, 0) is 56.9 Å². The molecule has 23 heteroatoms. The molecule has 2 aromatic rings. The lowest BCUT2D eigenvalue weighted by molar-refractivity contribution is -0.862. The number of likely N-dealkylation sites (N-methyl/N-ethyl adjacent to an activating group) is 1. The molecule has 3 heterocycles. The highest BCUT2D eigenvalue weighted by Crippen LogP contribution is 2.26. The van der Waals surface area contributed by atoms with Gasteiger partial charge < -0.3 is 29.4 Å². The number of aromatic nitrogens is 4. The number of hydrogen-bond acceptors (Lipinski definition) is 15. The molecule has 0 radical (unpaired) electrons. The fourth-order valence-corrected chi connectivity index (χ4v) is 5.91. The summed E-state index contributed by atoms with van der Waals surface area (Å²) >= 11 is 0.889. The van der Waals surface area contributed by atoms with Gasteiger partial charge in [0.1, 0.15) is 28.6 Å². The molecule has 21 nitrogen and oxygen atoms in total. The average Bonchev–Trinajstić information content (AvgIpc) is 3.60. The van der Waals surface area contributed by atoms with Crippen LogP contribution in [0.4, 0.5) is 9.93 Å². The summed E-state index contributed by atoms with van der Waals surface area (Å²) in [7, 11) is 0.442. The number of carbonyl (C=O) groups is 5. The van der Waals surface area contributed by atoms with Crippen molar-refractivity contribution in [2.24, 2.45) is 5.16 Å². The van der Waals surface area contributed by atoms with Crippen LogP contribution in [-0.4, -0.2) is 134 Å². The number of quaternary nitrogens is 1. The van der Waals surface area contributed by atoms with Gasteiger partial charge in [-0.3, -0.25) is 24.3 Å². The summed E-state index contributed by atoms with van der Waals surface area (Å²) in [5.74, 6) is -3.35. The third kappa shape index (κ3) is 12.7. The number of nitrogens with zero attached hydrogens (tertiary/aromatic N) is 7. The van der Waals surface area contributed by atoms with Gasteiger partial charge in [-0.25, -0.2) is 23.6 Å². The van der Waals surface area contributed by atoms with Gasteiger partial charge in [0, 0.05) is 5.38 Å². The number of nitrogens with one attached hydrogen (secondary N) is 3. The highest BCUT2D eigenvalue weighted by Gasteiger charge is 2.54. The highest BCUT2D eigenvalue weighted by molar-refractivity contribution is 7.84. The van der Waals surface area contributed by atoms with Crippen LogP contribution in [0.15, 0.2) is 16.7 Å². The maximum Gasteiger partial charge on any atom is 0.413 e. The Hall–Kier alpha value is -4.74. The van der Waals surface area contributed by atoms with Crippen LogP contribution in [0.2, 0.25) is 0 Å². The fraction of sp³-hybridized carbons (Fsp3) is 0.633. The van der Waals surface area contributed by atoms with Gasteiger partial charge in [0.15, 0.2) is 17.4 Å². The Morgan fingerprint density at radius 3 is 2.23 bits per heavy atom. The summed E-state index contributed by atoms with van der Waals surface area (Å²) in [5.41, 5.74) is -3.88. The molecule has 2 aromatic heterocycles. The standard InChI is InChI=1S/C30H46N10O11S2/c1-28(2,3)49-25(44)30(7,8)51-36-21(18-16-52-26(32-18)34-27(45)50-29(4,5)6)23(42)33-22-19(39(24(22)43)53(46,47)48)14-38-13-17(35-37-38)12-31-20(41)15-40(9,10)11/h13,16,19,22H,12,14-15H2,1-11H3,(H3-,31,32,33,34,41,42,45,46,47,48)/p+1/b36-21+/t19-,22+/m1/s1. The molecule has 53 heavy (non-hydrogen) atoms. The Morgan fingerprint density at radius 1 is 1.04 bits per heavy atom. The zero-order valence-corrected chi connectivity index (χ0v) is 33.0. The van der Waals surface area contributed by atoms with Crippen molar-refractivity contribution in [3.05, 3.63) is 23.0 Å². The summed E-state index contributed by atoms with van der Waals surface area (Å²) < 4.78 is 46.5. The molecule has 1 aliphatic heterocycles. The SMILES string of the molecule is CC(C)(C)OC(=O)Nc1nc(/C(=N\OC(C)(C)C(=O)OC(C)(C)C)C(=O)N[C@@H]2C(=O)N(S(=O)(=O)O)[C@@H]2Cn2cc(CNC(=O)C[N+](C)(C)C)nn2)cs1. The topological polar surface area (TPSA) is 263 Å². The summed E-state index contributed by atoms with van der Waals surface area (Å²) in [6.07, 6.45) is 0.559. The number of rotatable bonds is 14. The first-order valence-corrected chi connectivity index (χ1v) is 18.4. The number of β-lactam (4-membered cyclic amide) rings is 1. The number of esters is 1. The molecule has 1 aliphatic rings. The lowest BCUT2D eigenvalue weighted by Crippen LogP contribution is -2.73. The molecule has 2 atom stereocenters. The fourth-order valence-electron chi connectivity index (χ4n) is 4.36. The molecule has 1 fully saturated rings. The molecule has 0 bridgehead atoms. The monoisotopic (exact) mass is 787 g/mol. The van der Waals surface area contributed by atoms with Gasteiger partial charge in [0.05, 0.1) is 46.5 Å². The van der Waals surface area contributed by atoms with E-state index in [1.165, 1.54) is 30.1 Å². The van der Waals surface area contributed by atoms with E-state index in [-0.39, 0.29) is 40.7 Å². The zero-order valence-electron chi connectivity index (χ0n) is 31.4. The predicted molar refractivity (Wildman–Crippen MR) is 188 cm³/mol. The molecule has 0 unspecified atom stereocenters. The van der Waals surface area contributed by atoms with E-state index in [2.05, 4.69) is 36.4 Å². The van der Waals surface area contributed by atoms with Gasteiger partial charge in [-0.15, -0.1) is 16.4 Å². The number of ether oxygens (including phenoxy) is 2. The second-order valence-electron chi connectivity index (χ2n) is 15.5. The second kappa shape index (κ2) is 15.7. The van der Waals surface area contributed by atoms with E-state index in [1.54, 1.807) is 41.5 Å². The normalized spacial score (nSPS) is 17.1. The number of amides is 4. The number of carbonyl (C=O) groups excluding carboxylic acids is 5. The lowest BCUT2D eigenvalue weighted by Gasteiger charge is -2.43. The minimum atomic E-state index is -5.09. The van der Waals surface area contributed by atoms with E-state index in [9.17, 15) is 36.9 Å². The quantitative estimate of drug-likeness (QED) is 0.0506. The van der Waals surface area contributed by atoms with Crippen LogP contribution in [0.5, 0.6) is 0 Å². The molecule has 4 amide bonds. The summed E-state index contributed by atoms with van der Waals surface area (Å²) in [6.45, 7) is 12.4. The Labute approximate surface area is 310 Å². The van der Waals surface area contributed by atoms with E-state index in [0.717, 1.165) is 11.3 Å². The minimum Gasteiger partial charge on any atom is -0.457 e. The largest absolute Gasteiger partial charge is 0.457 e. The molecule has 0 aliphatic carbocycles. The summed E-state index contributed by atoms with van der Waals surface area (Å²) in [4.78, 5) is 73.9. The molecule has 0 aromatic carbocycles. The summed E-state index contributed by atoms with van der Waals surface area (Å²) in [5, 5.41) is 20.6. The van der Waals surface area contributed by atoms with Crippen LogP contribution in [0.1, 0.15) is 66.8 Å². The van der Waals surface area contributed by atoms with Gasteiger partial charge in [-0.05, 0) is 55.4 Å². The van der Waals surface area contributed by atoms with Crippen LogP contribution in [0.3, 0.4) is 0 Å². The van der Waals surface area contributed by atoms with Gasteiger partial charge in [0.2, 0.25) is 5.60 Å². The first kappa shape index (κ1) is 42.7. The Morgan fingerprint density at radius 2 is 1.66 bits per heavy atom. The van der Waals surface area contributed by atoms with E-state index in [4.69, 9.17) is 14.3 Å². The van der Waals surface area contributed by atoms with Crippen molar-refractivity contribution in [3.8, 4) is 0 Å². The van der Waals surface area contributed by atoms with Crippen LogP contribution < -0.4 is 16.0 Å². The van der Waals surface area contributed by atoms with Crippen molar-refractivity contribution in [1.29, 1.82) is 0 Å². The van der Waals surface area contributed by atoms with Crippen LogP contribution >= 0.6 is 11.3 Å². The molecule has 1 saturated heterocycles. The van der Waals surface area contributed by atoms with Gasteiger partial charge in [0.25, 0.3) is 17.7 Å². The average molecular weight is 788 g/mol. The Balaban J connectivity index is 1.89. The van der Waals surface area contributed by atoms with E-state index >= 15 is 0 Å². The molecule has 0 spiro atoms. The van der Waals surface area contributed by atoms with Crippen molar-refractivity contribution in [2.75, 3.05) is 33.0 Å². The molecule has 3 rings (SSSR count).